The SMILES string of the molecule is CCn1nc(C(=O)NCc2ccc(CN(C)C)cc2)c2cc(OC)c(OC)cc2c1=O. The zero-order chi connectivity index (χ0) is 22.5. The number of benzene rings is 2. The molecule has 0 fully saturated rings. The van der Waals surface area contributed by atoms with E-state index in [-0.39, 0.29) is 17.2 Å². The van der Waals surface area contributed by atoms with Crippen LogP contribution in [0.5, 0.6) is 11.5 Å². The summed E-state index contributed by atoms with van der Waals surface area (Å²) in [5.41, 5.74) is 2.06. The van der Waals surface area contributed by atoms with Crippen molar-refractivity contribution >= 4 is 16.7 Å². The highest BCUT2D eigenvalue weighted by Gasteiger charge is 2.19. The number of aromatic nitrogens is 2. The molecule has 31 heavy (non-hydrogen) atoms. The second kappa shape index (κ2) is 9.61. The van der Waals surface area contributed by atoms with Gasteiger partial charge in [-0.1, -0.05) is 24.3 Å². The molecule has 2 aromatic carbocycles. The van der Waals surface area contributed by atoms with Crippen LogP contribution in [0.1, 0.15) is 28.5 Å². The third-order valence-corrected chi connectivity index (χ3v) is 4.95. The highest BCUT2D eigenvalue weighted by atomic mass is 16.5. The van der Waals surface area contributed by atoms with Crippen LogP contribution in [0.25, 0.3) is 10.8 Å². The van der Waals surface area contributed by atoms with Crippen LogP contribution in [-0.2, 0) is 19.6 Å². The van der Waals surface area contributed by atoms with E-state index in [1.54, 1.807) is 19.1 Å². The molecule has 1 amide bonds. The molecule has 0 aliphatic rings. The summed E-state index contributed by atoms with van der Waals surface area (Å²) in [6.45, 7) is 3.35. The summed E-state index contributed by atoms with van der Waals surface area (Å²) in [7, 11) is 7.04. The fraction of sp³-hybridized carbons (Fsp3) is 0.348. The lowest BCUT2D eigenvalue weighted by atomic mass is 10.1. The van der Waals surface area contributed by atoms with Crippen molar-refractivity contribution in [2.75, 3.05) is 28.3 Å². The Morgan fingerprint density at radius 3 is 2.16 bits per heavy atom. The minimum absolute atomic E-state index is 0.168. The third-order valence-electron chi connectivity index (χ3n) is 4.95. The number of hydrogen-bond acceptors (Lipinski definition) is 6. The molecule has 1 heterocycles. The van der Waals surface area contributed by atoms with Crippen molar-refractivity contribution in [2.45, 2.75) is 26.6 Å². The molecule has 0 spiro atoms. The van der Waals surface area contributed by atoms with E-state index in [0.29, 0.717) is 35.4 Å². The predicted molar refractivity (Wildman–Crippen MR) is 120 cm³/mol. The van der Waals surface area contributed by atoms with Crippen molar-refractivity contribution in [3.8, 4) is 11.5 Å². The van der Waals surface area contributed by atoms with Crippen LogP contribution in [0.4, 0.5) is 0 Å². The second-order valence-electron chi connectivity index (χ2n) is 7.46. The first-order chi connectivity index (χ1) is 14.9. The van der Waals surface area contributed by atoms with Crippen LogP contribution in [0.3, 0.4) is 0 Å². The normalized spacial score (nSPS) is 11.0. The fourth-order valence-corrected chi connectivity index (χ4v) is 3.39. The zero-order valence-corrected chi connectivity index (χ0v) is 18.6. The number of aryl methyl sites for hydroxylation is 1. The fourth-order valence-electron chi connectivity index (χ4n) is 3.39. The van der Waals surface area contributed by atoms with Crippen LogP contribution < -0.4 is 20.3 Å². The molecule has 3 aromatic rings. The number of fused-ring (bicyclic) bond motifs is 1. The summed E-state index contributed by atoms with van der Waals surface area (Å²) in [6, 6.07) is 11.3. The number of nitrogens with one attached hydrogen (secondary N) is 1. The molecule has 0 unspecified atom stereocenters. The van der Waals surface area contributed by atoms with E-state index in [1.165, 1.54) is 24.5 Å². The summed E-state index contributed by atoms with van der Waals surface area (Å²) >= 11 is 0. The minimum atomic E-state index is -0.364. The van der Waals surface area contributed by atoms with Gasteiger partial charge in [-0.2, -0.15) is 5.10 Å². The molecule has 0 saturated carbocycles. The maximum absolute atomic E-state index is 13.0. The first-order valence-electron chi connectivity index (χ1n) is 10.1. The Labute approximate surface area is 181 Å². The van der Waals surface area contributed by atoms with E-state index in [2.05, 4.69) is 15.3 Å². The summed E-state index contributed by atoms with van der Waals surface area (Å²) in [4.78, 5) is 27.9. The van der Waals surface area contributed by atoms with E-state index in [9.17, 15) is 9.59 Å². The molecule has 8 nitrogen and oxygen atoms in total. The van der Waals surface area contributed by atoms with E-state index in [0.717, 1.165) is 12.1 Å². The standard InChI is InChI=1S/C23H28N4O4/c1-6-27-23(29)18-12-20(31-5)19(30-4)11-17(18)21(25-27)22(28)24-13-15-7-9-16(10-8-15)14-26(2)3/h7-12H,6,13-14H2,1-5H3,(H,24,28). The molecule has 0 aliphatic carbocycles. The molecule has 1 N–H and O–H groups in total. The molecular formula is C23H28N4O4. The van der Waals surface area contributed by atoms with Gasteiger partial charge in [0.25, 0.3) is 11.5 Å². The van der Waals surface area contributed by atoms with Gasteiger partial charge in [0.15, 0.2) is 17.2 Å². The Hall–Kier alpha value is -3.39. The molecule has 0 saturated heterocycles. The molecule has 8 heteroatoms. The topological polar surface area (TPSA) is 85.7 Å². The van der Waals surface area contributed by atoms with Crippen LogP contribution in [-0.4, -0.2) is 48.9 Å². The van der Waals surface area contributed by atoms with Crippen molar-refractivity contribution in [3.63, 3.8) is 0 Å². The number of nitrogens with zero attached hydrogens (tertiary/aromatic N) is 3. The summed E-state index contributed by atoms with van der Waals surface area (Å²) in [5.74, 6) is 0.484. The summed E-state index contributed by atoms with van der Waals surface area (Å²) in [5, 5.41) is 7.98. The quantitative estimate of drug-likeness (QED) is 0.598. The molecule has 1 aromatic heterocycles. The van der Waals surface area contributed by atoms with Crippen molar-refractivity contribution in [2.24, 2.45) is 0 Å². The number of amides is 1. The van der Waals surface area contributed by atoms with Gasteiger partial charge in [-0.05, 0) is 44.3 Å². The van der Waals surface area contributed by atoms with Crippen molar-refractivity contribution in [1.82, 2.24) is 20.0 Å². The number of carbonyl (C=O) groups excluding carboxylic acids is 1. The van der Waals surface area contributed by atoms with Crippen molar-refractivity contribution < 1.29 is 14.3 Å². The maximum Gasteiger partial charge on any atom is 0.274 e. The number of ether oxygens (including phenoxy) is 2. The highest BCUT2D eigenvalue weighted by Crippen LogP contribution is 2.31. The Kier molecular flexibility index (Phi) is 6.91. The van der Waals surface area contributed by atoms with Gasteiger partial charge in [0.1, 0.15) is 0 Å². The largest absolute Gasteiger partial charge is 0.493 e. The average Bonchev–Trinajstić information content (AvgIpc) is 2.77. The second-order valence-corrected chi connectivity index (χ2v) is 7.46. The predicted octanol–water partition coefficient (Wildman–Crippen LogP) is 2.43. The number of rotatable bonds is 8. The van der Waals surface area contributed by atoms with Crippen LogP contribution in [0.2, 0.25) is 0 Å². The Bertz CT molecular complexity index is 1140. The van der Waals surface area contributed by atoms with Gasteiger partial charge in [-0.25, -0.2) is 4.68 Å². The van der Waals surface area contributed by atoms with Gasteiger partial charge in [0.2, 0.25) is 0 Å². The van der Waals surface area contributed by atoms with Crippen LogP contribution in [0, 0.1) is 0 Å². The van der Waals surface area contributed by atoms with Gasteiger partial charge in [-0.15, -0.1) is 0 Å². The van der Waals surface area contributed by atoms with Gasteiger partial charge in [0, 0.05) is 25.0 Å². The first kappa shape index (κ1) is 22.3. The monoisotopic (exact) mass is 424 g/mol. The highest BCUT2D eigenvalue weighted by molar-refractivity contribution is 6.05. The van der Waals surface area contributed by atoms with Gasteiger partial charge < -0.3 is 19.7 Å². The minimum Gasteiger partial charge on any atom is -0.493 e. The lowest BCUT2D eigenvalue weighted by Crippen LogP contribution is -2.30. The first-order valence-corrected chi connectivity index (χ1v) is 10.1. The molecular weight excluding hydrogens is 396 g/mol. The smallest absolute Gasteiger partial charge is 0.274 e. The zero-order valence-electron chi connectivity index (χ0n) is 18.6. The molecule has 0 radical (unpaired) electrons. The Morgan fingerprint density at radius 2 is 1.61 bits per heavy atom. The lowest BCUT2D eigenvalue weighted by molar-refractivity contribution is 0.0945. The molecule has 0 atom stereocenters. The molecule has 0 bridgehead atoms. The molecule has 164 valence electrons. The Balaban J connectivity index is 1.92. The van der Waals surface area contributed by atoms with E-state index >= 15 is 0 Å². The van der Waals surface area contributed by atoms with Crippen LogP contribution >= 0.6 is 0 Å². The van der Waals surface area contributed by atoms with E-state index < -0.39 is 0 Å². The average molecular weight is 425 g/mol. The molecule has 3 rings (SSSR count). The van der Waals surface area contributed by atoms with Gasteiger partial charge in [0.05, 0.1) is 19.6 Å². The molecule has 0 aliphatic heterocycles. The lowest BCUT2D eigenvalue weighted by Gasteiger charge is -2.14. The van der Waals surface area contributed by atoms with E-state index in [1.807, 2.05) is 38.4 Å². The number of methoxy groups -OCH3 is 2. The van der Waals surface area contributed by atoms with Crippen molar-refractivity contribution in [3.05, 3.63) is 63.6 Å². The summed E-state index contributed by atoms with van der Waals surface area (Å²) < 4.78 is 11.9. The van der Waals surface area contributed by atoms with Gasteiger partial charge in [-0.3, -0.25) is 9.59 Å². The van der Waals surface area contributed by atoms with Crippen molar-refractivity contribution in [1.29, 1.82) is 0 Å². The van der Waals surface area contributed by atoms with Gasteiger partial charge >= 0.3 is 0 Å². The van der Waals surface area contributed by atoms with Crippen LogP contribution in [0.15, 0.2) is 41.2 Å². The summed E-state index contributed by atoms with van der Waals surface area (Å²) in [6.07, 6.45) is 0. The van der Waals surface area contributed by atoms with E-state index in [4.69, 9.17) is 9.47 Å². The maximum atomic E-state index is 13.0. The third kappa shape index (κ3) is 4.86. The number of carbonyl (C=O) groups is 1. The Morgan fingerprint density at radius 1 is 1.03 bits per heavy atom. The number of hydrogen-bond donors (Lipinski definition) is 1.